The van der Waals surface area contributed by atoms with E-state index < -0.39 is 4.92 Å². The van der Waals surface area contributed by atoms with Crippen molar-refractivity contribution in [3.05, 3.63) is 58.3 Å². The van der Waals surface area contributed by atoms with Gasteiger partial charge in [-0.2, -0.15) is 0 Å². The number of benzene rings is 1. The minimum Gasteiger partial charge on any atom is -0.364 e. The van der Waals surface area contributed by atoms with Crippen LogP contribution in [0.5, 0.6) is 0 Å². The van der Waals surface area contributed by atoms with Crippen LogP contribution in [-0.2, 0) is 0 Å². The third-order valence-corrected chi connectivity index (χ3v) is 3.91. The highest BCUT2D eigenvalue weighted by Crippen LogP contribution is 2.23. The molecule has 21 heavy (non-hydrogen) atoms. The normalized spacial score (nSPS) is 11.9. The molecular weight excluding hydrogens is 286 g/mol. The van der Waals surface area contributed by atoms with Crippen molar-refractivity contribution in [2.75, 3.05) is 11.1 Å². The standard InChI is InChI=1S/C15H17N3O2S/c1-3-21-14-7-4-12(5-8-14)11(2)17-15-9-6-13(10-16-15)18(19)20/h4-11H,3H2,1-2H3,(H,16,17). The molecule has 2 rings (SSSR count). The van der Waals surface area contributed by atoms with Crippen LogP contribution in [0.4, 0.5) is 11.5 Å². The van der Waals surface area contributed by atoms with Crippen LogP contribution < -0.4 is 5.32 Å². The van der Waals surface area contributed by atoms with Crippen LogP contribution in [0, 0.1) is 10.1 Å². The molecule has 0 saturated heterocycles. The van der Waals surface area contributed by atoms with Crippen molar-refractivity contribution >= 4 is 23.3 Å². The highest BCUT2D eigenvalue weighted by Gasteiger charge is 2.09. The Labute approximate surface area is 127 Å². The monoisotopic (exact) mass is 303 g/mol. The molecule has 6 heteroatoms. The summed E-state index contributed by atoms with van der Waals surface area (Å²) < 4.78 is 0. The Morgan fingerprint density at radius 1 is 1.29 bits per heavy atom. The molecule has 0 fully saturated rings. The summed E-state index contributed by atoms with van der Waals surface area (Å²) in [6, 6.07) is 11.5. The van der Waals surface area contributed by atoms with Crippen LogP contribution in [-0.4, -0.2) is 15.7 Å². The molecule has 1 aromatic heterocycles. The average Bonchev–Trinajstić information content (AvgIpc) is 2.49. The molecule has 0 bridgehead atoms. The first-order valence-corrected chi connectivity index (χ1v) is 7.68. The van der Waals surface area contributed by atoms with Gasteiger partial charge in [-0.1, -0.05) is 19.1 Å². The Morgan fingerprint density at radius 2 is 2.00 bits per heavy atom. The SMILES string of the molecule is CCSc1ccc(C(C)Nc2ccc([N+](=O)[O-])cn2)cc1. The van der Waals surface area contributed by atoms with Crippen LogP contribution in [0.15, 0.2) is 47.5 Å². The van der Waals surface area contributed by atoms with E-state index in [1.807, 2.05) is 18.7 Å². The second-order valence-corrected chi connectivity index (χ2v) is 5.86. The third kappa shape index (κ3) is 4.19. The second kappa shape index (κ2) is 7.08. The summed E-state index contributed by atoms with van der Waals surface area (Å²) in [5.41, 5.74) is 1.14. The van der Waals surface area contributed by atoms with Gasteiger partial charge in [0, 0.05) is 17.0 Å². The van der Waals surface area contributed by atoms with E-state index in [-0.39, 0.29) is 11.7 Å². The fraction of sp³-hybridized carbons (Fsp3) is 0.267. The molecule has 1 unspecified atom stereocenters. The van der Waals surface area contributed by atoms with Gasteiger partial charge in [0.15, 0.2) is 0 Å². The van der Waals surface area contributed by atoms with E-state index in [0.717, 1.165) is 11.3 Å². The lowest BCUT2D eigenvalue weighted by molar-refractivity contribution is -0.385. The zero-order valence-corrected chi connectivity index (χ0v) is 12.8. The number of rotatable bonds is 6. The summed E-state index contributed by atoms with van der Waals surface area (Å²) >= 11 is 1.81. The molecule has 2 aromatic rings. The molecule has 1 aromatic carbocycles. The van der Waals surface area contributed by atoms with Gasteiger partial charge in [0.25, 0.3) is 5.69 Å². The van der Waals surface area contributed by atoms with Crippen LogP contribution in [0.3, 0.4) is 0 Å². The van der Waals surface area contributed by atoms with Crippen molar-refractivity contribution in [1.82, 2.24) is 4.98 Å². The number of anilines is 1. The summed E-state index contributed by atoms with van der Waals surface area (Å²) in [7, 11) is 0. The van der Waals surface area contributed by atoms with Crippen molar-refractivity contribution in [3.8, 4) is 0 Å². The lowest BCUT2D eigenvalue weighted by Crippen LogP contribution is -2.07. The molecule has 0 amide bonds. The summed E-state index contributed by atoms with van der Waals surface area (Å²) in [4.78, 5) is 15.4. The van der Waals surface area contributed by atoms with Gasteiger partial charge in [0.2, 0.25) is 0 Å². The molecule has 0 radical (unpaired) electrons. The number of nitrogens with zero attached hydrogens (tertiary/aromatic N) is 2. The van der Waals surface area contributed by atoms with Crippen LogP contribution in [0.2, 0.25) is 0 Å². The zero-order valence-electron chi connectivity index (χ0n) is 11.9. The van der Waals surface area contributed by atoms with Gasteiger partial charge in [0.1, 0.15) is 12.0 Å². The number of pyridine rings is 1. The average molecular weight is 303 g/mol. The summed E-state index contributed by atoms with van der Waals surface area (Å²) in [5, 5.41) is 13.8. The molecular formula is C15H17N3O2S. The van der Waals surface area contributed by atoms with Gasteiger partial charge >= 0.3 is 0 Å². The predicted octanol–water partition coefficient (Wildman–Crippen LogP) is 4.27. The van der Waals surface area contributed by atoms with Gasteiger partial charge < -0.3 is 5.32 Å². The van der Waals surface area contributed by atoms with Crippen LogP contribution in [0.1, 0.15) is 25.5 Å². The molecule has 5 nitrogen and oxygen atoms in total. The van der Waals surface area contributed by atoms with E-state index in [1.54, 1.807) is 6.07 Å². The largest absolute Gasteiger partial charge is 0.364 e. The minimum atomic E-state index is -0.454. The van der Waals surface area contributed by atoms with Crippen molar-refractivity contribution in [2.24, 2.45) is 0 Å². The third-order valence-electron chi connectivity index (χ3n) is 3.01. The molecule has 1 atom stereocenters. The molecule has 1 N–H and O–H groups in total. The van der Waals surface area contributed by atoms with E-state index in [1.165, 1.54) is 17.2 Å². The predicted molar refractivity (Wildman–Crippen MR) is 85.8 cm³/mol. The van der Waals surface area contributed by atoms with E-state index >= 15 is 0 Å². The number of nitrogens with one attached hydrogen (secondary N) is 1. The second-order valence-electron chi connectivity index (χ2n) is 4.53. The maximum absolute atomic E-state index is 10.6. The minimum absolute atomic E-state index is 0.00542. The maximum Gasteiger partial charge on any atom is 0.287 e. The molecule has 0 saturated carbocycles. The summed E-state index contributed by atoms with van der Waals surface area (Å²) in [6.07, 6.45) is 1.26. The van der Waals surface area contributed by atoms with Gasteiger partial charge in [0.05, 0.1) is 4.92 Å². The van der Waals surface area contributed by atoms with E-state index in [4.69, 9.17) is 0 Å². The van der Waals surface area contributed by atoms with E-state index in [2.05, 4.69) is 41.5 Å². The topological polar surface area (TPSA) is 68.1 Å². The Morgan fingerprint density at radius 3 is 2.52 bits per heavy atom. The number of nitro groups is 1. The summed E-state index contributed by atoms with van der Waals surface area (Å²) in [5.74, 6) is 1.68. The Bertz CT molecular complexity index is 599. The Kier molecular flexibility index (Phi) is 5.16. The van der Waals surface area contributed by atoms with Crippen LogP contribution >= 0.6 is 11.8 Å². The van der Waals surface area contributed by atoms with Crippen LogP contribution in [0.25, 0.3) is 0 Å². The van der Waals surface area contributed by atoms with Crippen molar-refractivity contribution in [1.29, 1.82) is 0 Å². The highest BCUT2D eigenvalue weighted by atomic mass is 32.2. The van der Waals surface area contributed by atoms with E-state index in [0.29, 0.717) is 5.82 Å². The quantitative estimate of drug-likeness (QED) is 0.490. The zero-order chi connectivity index (χ0) is 15.2. The lowest BCUT2D eigenvalue weighted by atomic mass is 10.1. The molecule has 0 aliphatic heterocycles. The van der Waals surface area contributed by atoms with Gasteiger partial charge in [-0.05, 0) is 36.4 Å². The lowest BCUT2D eigenvalue weighted by Gasteiger charge is -2.15. The highest BCUT2D eigenvalue weighted by molar-refractivity contribution is 7.99. The number of aromatic nitrogens is 1. The fourth-order valence-corrected chi connectivity index (χ4v) is 2.57. The molecule has 0 aliphatic rings. The number of thioether (sulfide) groups is 1. The molecule has 1 heterocycles. The van der Waals surface area contributed by atoms with Crippen molar-refractivity contribution in [3.63, 3.8) is 0 Å². The number of hydrogen-bond donors (Lipinski definition) is 1. The van der Waals surface area contributed by atoms with Gasteiger partial charge in [-0.3, -0.25) is 10.1 Å². The summed E-state index contributed by atoms with van der Waals surface area (Å²) in [6.45, 7) is 4.16. The van der Waals surface area contributed by atoms with Crippen molar-refractivity contribution in [2.45, 2.75) is 24.8 Å². The Balaban J connectivity index is 2.03. The Hall–Kier alpha value is -2.08. The molecule has 110 valence electrons. The first-order chi connectivity index (χ1) is 10.1. The maximum atomic E-state index is 10.6. The molecule has 0 aliphatic carbocycles. The first kappa shape index (κ1) is 15.3. The van der Waals surface area contributed by atoms with Gasteiger partial charge in [-0.15, -0.1) is 11.8 Å². The smallest absolute Gasteiger partial charge is 0.287 e. The first-order valence-electron chi connectivity index (χ1n) is 6.70. The van der Waals surface area contributed by atoms with Crippen molar-refractivity contribution < 1.29 is 4.92 Å². The fourth-order valence-electron chi connectivity index (χ4n) is 1.90. The molecule has 0 spiro atoms. The van der Waals surface area contributed by atoms with E-state index in [9.17, 15) is 10.1 Å². The van der Waals surface area contributed by atoms with Gasteiger partial charge in [-0.25, -0.2) is 4.98 Å². The number of hydrogen-bond acceptors (Lipinski definition) is 5.